The standard InChI is InChI=1S/C14H21N3O2.ClH/c1-14(10-15)7-9-16(11-14)8-6-12-2-4-13(5-3-12)17(18)19;/h2-5H,6-11,15H2,1H3;1H. The van der Waals surface area contributed by atoms with Crippen molar-refractivity contribution in [1.82, 2.24) is 4.90 Å². The molecule has 0 amide bonds. The van der Waals surface area contributed by atoms with Crippen LogP contribution >= 0.6 is 12.4 Å². The molecule has 0 radical (unpaired) electrons. The highest BCUT2D eigenvalue weighted by Crippen LogP contribution is 2.28. The zero-order chi connectivity index (χ0) is 13.9. The molecule has 6 heteroatoms. The van der Waals surface area contributed by atoms with Gasteiger partial charge in [0.1, 0.15) is 0 Å². The Morgan fingerprint density at radius 1 is 1.40 bits per heavy atom. The van der Waals surface area contributed by atoms with Crippen molar-refractivity contribution in [3.8, 4) is 0 Å². The third-order valence-corrected chi connectivity index (χ3v) is 3.99. The molecular weight excluding hydrogens is 278 g/mol. The molecular formula is C14H22ClN3O2. The van der Waals surface area contributed by atoms with Crippen molar-refractivity contribution in [2.75, 3.05) is 26.2 Å². The van der Waals surface area contributed by atoms with Gasteiger partial charge in [-0.15, -0.1) is 12.4 Å². The largest absolute Gasteiger partial charge is 0.330 e. The van der Waals surface area contributed by atoms with Crippen LogP contribution in [0.5, 0.6) is 0 Å². The normalized spacial score (nSPS) is 22.5. The van der Waals surface area contributed by atoms with E-state index in [4.69, 9.17) is 5.73 Å². The van der Waals surface area contributed by atoms with E-state index in [9.17, 15) is 10.1 Å². The summed E-state index contributed by atoms with van der Waals surface area (Å²) in [4.78, 5) is 12.6. The monoisotopic (exact) mass is 299 g/mol. The van der Waals surface area contributed by atoms with Crippen molar-refractivity contribution in [2.45, 2.75) is 19.8 Å². The third-order valence-electron chi connectivity index (χ3n) is 3.99. The maximum absolute atomic E-state index is 10.6. The van der Waals surface area contributed by atoms with E-state index in [0.29, 0.717) is 0 Å². The van der Waals surface area contributed by atoms with Gasteiger partial charge in [-0.05, 0) is 36.9 Å². The average molecular weight is 300 g/mol. The minimum absolute atomic E-state index is 0. The number of hydrogen-bond acceptors (Lipinski definition) is 4. The summed E-state index contributed by atoms with van der Waals surface area (Å²) in [6, 6.07) is 6.83. The summed E-state index contributed by atoms with van der Waals surface area (Å²) >= 11 is 0. The van der Waals surface area contributed by atoms with Crippen LogP contribution < -0.4 is 5.73 Å². The number of hydrogen-bond donors (Lipinski definition) is 1. The Kier molecular flexibility index (Phi) is 5.92. The zero-order valence-corrected chi connectivity index (χ0v) is 12.6. The Bertz CT molecular complexity index is 452. The number of nitro groups is 1. The van der Waals surface area contributed by atoms with Crippen LogP contribution in [0.4, 0.5) is 5.69 Å². The predicted octanol–water partition coefficient (Wildman–Crippen LogP) is 2.23. The molecule has 1 aliphatic heterocycles. The summed E-state index contributed by atoms with van der Waals surface area (Å²) in [5, 5.41) is 10.6. The highest BCUT2D eigenvalue weighted by molar-refractivity contribution is 5.85. The summed E-state index contributed by atoms with van der Waals surface area (Å²) in [5.41, 5.74) is 7.35. The van der Waals surface area contributed by atoms with E-state index in [-0.39, 0.29) is 28.4 Å². The number of rotatable bonds is 5. The third kappa shape index (κ3) is 4.16. The van der Waals surface area contributed by atoms with Crippen molar-refractivity contribution in [3.05, 3.63) is 39.9 Å². The van der Waals surface area contributed by atoms with Gasteiger partial charge in [0, 0.05) is 25.2 Å². The van der Waals surface area contributed by atoms with E-state index < -0.39 is 0 Å². The molecule has 1 unspecified atom stereocenters. The minimum atomic E-state index is -0.364. The molecule has 5 nitrogen and oxygen atoms in total. The quantitative estimate of drug-likeness (QED) is 0.668. The van der Waals surface area contributed by atoms with Gasteiger partial charge < -0.3 is 10.6 Å². The van der Waals surface area contributed by atoms with Crippen molar-refractivity contribution in [1.29, 1.82) is 0 Å². The Morgan fingerprint density at radius 2 is 2.05 bits per heavy atom. The summed E-state index contributed by atoms with van der Waals surface area (Å²) in [6.45, 7) is 6.12. The van der Waals surface area contributed by atoms with Crippen LogP contribution in [0.2, 0.25) is 0 Å². The van der Waals surface area contributed by atoms with Gasteiger partial charge in [-0.3, -0.25) is 10.1 Å². The lowest BCUT2D eigenvalue weighted by Crippen LogP contribution is -2.32. The first kappa shape index (κ1) is 16.9. The smallest absolute Gasteiger partial charge is 0.269 e. The number of non-ortho nitro benzene ring substituents is 1. The summed E-state index contributed by atoms with van der Waals surface area (Å²) in [5.74, 6) is 0. The molecule has 1 saturated heterocycles. The SMILES string of the molecule is CC1(CN)CCN(CCc2ccc([N+](=O)[O-])cc2)C1.Cl. The van der Waals surface area contributed by atoms with E-state index >= 15 is 0 Å². The molecule has 1 atom stereocenters. The lowest BCUT2D eigenvalue weighted by molar-refractivity contribution is -0.384. The maximum atomic E-state index is 10.6. The van der Waals surface area contributed by atoms with Gasteiger partial charge in [-0.25, -0.2) is 0 Å². The molecule has 0 aliphatic carbocycles. The van der Waals surface area contributed by atoms with Gasteiger partial charge in [0.25, 0.3) is 5.69 Å². The number of nitro benzene ring substituents is 1. The van der Waals surface area contributed by atoms with Gasteiger partial charge >= 0.3 is 0 Å². The van der Waals surface area contributed by atoms with Crippen molar-refractivity contribution < 1.29 is 4.92 Å². The lowest BCUT2D eigenvalue weighted by atomic mass is 9.90. The van der Waals surface area contributed by atoms with Crippen LogP contribution in [-0.4, -0.2) is 36.0 Å². The van der Waals surface area contributed by atoms with Crippen LogP contribution in [-0.2, 0) is 6.42 Å². The zero-order valence-electron chi connectivity index (χ0n) is 11.7. The van der Waals surface area contributed by atoms with Crippen LogP contribution in [0.25, 0.3) is 0 Å². The fraction of sp³-hybridized carbons (Fsp3) is 0.571. The van der Waals surface area contributed by atoms with Gasteiger partial charge in [-0.1, -0.05) is 19.1 Å². The van der Waals surface area contributed by atoms with Crippen LogP contribution in [0.3, 0.4) is 0 Å². The average Bonchev–Trinajstić information content (AvgIpc) is 2.79. The summed E-state index contributed by atoms with van der Waals surface area (Å²) in [7, 11) is 0. The first-order valence-electron chi connectivity index (χ1n) is 6.68. The fourth-order valence-corrected chi connectivity index (χ4v) is 2.55. The van der Waals surface area contributed by atoms with Crippen molar-refractivity contribution >= 4 is 18.1 Å². The van der Waals surface area contributed by atoms with Gasteiger partial charge in [0.2, 0.25) is 0 Å². The van der Waals surface area contributed by atoms with Crippen LogP contribution in [0, 0.1) is 15.5 Å². The van der Waals surface area contributed by atoms with E-state index in [1.807, 2.05) is 12.1 Å². The van der Waals surface area contributed by atoms with E-state index in [1.165, 1.54) is 0 Å². The molecule has 1 aromatic rings. The number of likely N-dealkylation sites (tertiary alicyclic amines) is 1. The number of nitrogens with two attached hydrogens (primary N) is 1. The topological polar surface area (TPSA) is 72.4 Å². The molecule has 1 aliphatic rings. The van der Waals surface area contributed by atoms with Crippen molar-refractivity contribution in [3.63, 3.8) is 0 Å². The Morgan fingerprint density at radius 3 is 2.55 bits per heavy atom. The number of nitrogens with zero attached hydrogens (tertiary/aromatic N) is 2. The van der Waals surface area contributed by atoms with E-state index in [2.05, 4.69) is 11.8 Å². The lowest BCUT2D eigenvalue weighted by Gasteiger charge is -2.22. The molecule has 1 fully saturated rings. The molecule has 0 saturated carbocycles. The molecule has 2 N–H and O–H groups in total. The summed E-state index contributed by atoms with van der Waals surface area (Å²) < 4.78 is 0. The molecule has 0 aromatic heterocycles. The molecule has 0 spiro atoms. The molecule has 2 rings (SSSR count). The number of halogens is 1. The molecule has 112 valence electrons. The highest BCUT2D eigenvalue weighted by Gasteiger charge is 2.31. The first-order valence-corrected chi connectivity index (χ1v) is 6.68. The predicted molar refractivity (Wildman–Crippen MR) is 82.3 cm³/mol. The Labute approximate surface area is 125 Å². The minimum Gasteiger partial charge on any atom is -0.330 e. The van der Waals surface area contributed by atoms with Gasteiger partial charge in [0.15, 0.2) is 0 Å². The molecule has 0 bridgehead atoms. The second-order valence-corrected chi connectivity index (χ2v) is 5.71. The van der Waals surface area contributed by atoms with Gasteiger partial charge in [-0.2, -0.15) is 0 Å². The van der Waals surface area contributed by atoms with E-state index in [0.717, 1.165) is 44.6 Å². The second-order valence-electron chi connectivity index (χ2n) is 5.71. The first-order chi connectivity index (χ1) is 9.02. The fourth-order valence-electron chi connectivity index (χ4n) is 2.55. The van der Waals surface area contributed by atoms with Crippen LogP contribution in [0.15, 0.2) is 24.3 Å². The van der Waals surface area contributed by atoms with Crippen molar-refractivity contribution in [2.24, 2.45) is 11.1 Å². The van der Waals surface area contributed by atoms with E-state index in [1.54, 1.807) is 12.1 Å². The second kappa shape index (κ2) is 7.02. The number of benzene rings is 1. The summed E-state index contributed by atoms with van der Waals surface area (Å²) in [6.07, 6.45) is 2.09. The maximum Gasteiger partial charge on any atom is 0.269 e. The van der Waals surface area contributed by atoms with Crippen LogP contribution in [0.1, 0.15) is 18.9 Å². The molecule has 1 aromatic carbocycles. The Balaban J connectivity index is 0.00000200. The Hall–Kier alpha value is -1.17. The highest BCUT2D eigenvalue weighted by atomic mass is 35.5. The van der Waals surface area contributed by atoms with Gasteiger partial charge in [0.05, 0.1) is 4.92 Å². The molecule has 1 heterocycles. The molecule has 20 heavy (non-hydrogen) atoms.